The van der Waals surface area contributed by atoms with Crippen LogP contribution in [0.4, 0.5) is 11.6 Å². The third kappa shape index (κ3) is 2.40. The molecule has 0 aliphatic rings. The van der Waals surface area contributed by atoms with Crippen molar-refractivity contribution in [3.05, 3.63) is 35.7 Å². The normalized spacial score (nSPS) is 10.3. The number of anilines is 2. The quantitative estimate of drug-likeness (QED) is 0.708. The van der Waals surface area contributed by atoms with Gasteiger partial charge >= 0.3 is 0 Å². The second kappa shape index (κ2) is 4.74. The van der Waals surface area contributed by atoms with Crippen molar-refractivity contribution >= 4 is 17.5 Å². The average Bonchev–Trinajstić information content (AvgIpc) is 2.68. The van der Waals surface area contributed by atoms with Gasteiger partial charge in [0.1, 0.15) is 17.3 Å². The first kappa shape index (κ1) is 11.9. The van der Waals surface area contributed by atoms with Gasteiger partial charge in [0.15, 0.2) is 0 Å². The van der Waals surface area contributed by atoms with Gasteiger partial charge in [-0.2, -0.15) is 5.10 Å². The van der Waals surface area contributed by atoms with E-state index in [2.05, 4.69) is 15.4 Å². The summed E-state index contributed by atoms with van der Waals surface area (Å²) in [6.45, 7) is 0.481. The van der Waals surface area contributed by atoms with Crippen LogP contribution in [0.1, 0.15) is 16.1 Å². The maximum absolute atomic E-state index is 11.0. The molecule has 0 saturated carbocycles. The number of rotatable bonds is 4. The number of pyridine rings is 1. The lowest BCUT2D eigenvalue weighted by Gasteiger charge is -2.05. The number of nitrogen functional groups attached to an aromatic ring is 1. The molecule has 7 heteroatoms. The van der Waals surface area contributed by atoms with Crippen LogP contribution in [0.3, 0.4) is 0 Å². The number of nitrogens with zero attached hydrogens (tertiary/aromatic N) is 3. The summed E-state index contributed by atoms with van der Waals surface area (Å²) in [6, 6.07) is 5.02. The molecule has 5 N–H and O–H groups in total. The summed E-state index contributed by atoms with van der Waals surface area (Å²) < 4.78 is 1.59. The van der Waals surface area contributed by atoms with E-state index >= 15 is 0 Å². The summed E-state index contributed by atoms with van der Waals surface area (Å²) in [5.74, 6) is 0.600. The molecule has 0 atom stereocenters. The van der Waals surface area contributed by atoms with Crippen molar-refractivity contribution in [2.75, 3.05) is 11.1 Å². The molecule has 1 amide bonds. The van der Waals surface area contributed by atoms with Gasteiger partial charge in [-0.3, -0.25) is 9.48 Å². The standard InChI is InChI=1S/C11H14N6O/c1-17-10(12)7(6-15-17)5-14-9-4-2-3-8(16-9)11(13)18/h2-4,6H,5,12H2,1H3,(H2,13,18)(H,14,16). The number of carbonyl (C=O) groups is 1. The summed E-state index contributed by atoms with van der Waals surface area (Å²) in [6.07, 6.45) is 1.68. The van der Waals surface area contributed by atoms with Gasteiger partial charge in [0.25, 0.3) is 5.91 Å². The van der Waals surface area contributed by atoms with Crippen LogP contribution in [0.15, 0.2) is 24.4 Å². The fourth-order valence-corrected chi connectivity index (χ4v) is 1.48. The molecule has 0 aliphatic heterocycles. The van der Waals surface area contributed by atoms with E-state index in [4.69, 9.17) is 11.5 Å². The molecule has 18 heavy (non-hydrogen) atoms. The van der Waals surface area contributed by atoms with Gasteiger partial charge in [0.2, 0.25) is 0 Å². The zero-order chi connectivity index (χ0) is 13.1. The van der Waals surface area contributed by atoms with Crippen LogP contribution in [0.2, 0.25) is 0 Å². The summed E-state index contributed by atoms with van der Waals surface area (Å²) in [7, 11) is 1.77. The molecule has 0 aromatic carbocycles. The molecule has 7 nitrogen and oxygen atoms in total. The summed E-state index contributed by atoms with van der Waals surface area (Å²) >= 11 is 0. The van der Waals surface area contributed by atoms with Gasteiger partial charge in [-0.15, -0.1) is 0 Å². The molecule has 0 bridgehead atoms. The molecule has 2 heterocycles. The average molecular weight is 246 g/mol. The molecule has 2 aromatic heterocycles. The number of hydrogen-bond donors (Lipinski definition) is 3. The molecule has 0 aliphatic carbocycles. The second-order valence-electron chi connectivity index (χ2n) is 3.80. The van der Waals surface area contributed by atoms with Crippen molar-refractivity contribution in [1.82, 2.24) is 14.8 Å². The molecular weight excluding hydrogens is 232 g/mol. The van der Waals surface area contributed by atoms with E-state index in [1.807, 2.05) is 0 Å². The first-order chi connectivity index (χ1) is 8.58. The van der Waals surface area contributed by atoms with Crippen molar-refractivity contribution < 1.29 is 4.79 Å². The Kier molecular flexibility index (Phi) is 3.13. The molecular formula is C11H14N6O. The third-order valence-electron chi connectivity index (χ3n) is 2.53. The Morgan fingerprint density at radius 2 is 2.28 bits per heavy atom. The van der Waals surface area contributed by atoms with E-state index in [-0.39, 0.29) is 5.69 Å². The Hall–Kier alpha value is -2.57. The predicted octanol–water partition coefficient (Wildman–Crippen LogP) is 0.108. The summed E-state index contributed by atoms with van der Waals surface area (Å²) in [4.78, 5) is 15.1. The van der Waals surface area contributed by atoms with Crippen LogP contribution in [0, 0.1) is 0 Å². The largest absolute Gasteiger partial charge is 0.384 e. The molecule has 0 radical (unpaired) electrons. The van der Waals surface area contributed by atoms with Crippen LogP contribution in [0.25, 0.3) is 0 Å². The zero-order valence-corrected chi connectivity index (χ0v) is 9.92. The minimum atomic E-state index is -0.556. The van der Waals surface area contributed by atoms with Crippen molar-refractivity contribution in [2.45, 2.75) is 6.54 Å². The lowest BCUT2D eigenvalue weighted by atomic mass is 10.3. The maximum atomic E-state index is 11.0. The molecule has 2 rings (SSSR count). The van der Waals surface area contributed by atoms with Gasteiger partial charge in [0.05, 0.1) is 6.20 Å². The molecule has 2 aromatic rings. The van der Waals surface area contributed by atoms with Gasteiger partial charge in [-0.1, -0.05) is 6.07 Å². The van der Waals surface area contributed by atoms with Gasteiger partial charge in [-0.25, -0.2) is 4.98 Å². The Bertz CT molecular complexity index is 577. The van der Waals surface area contributed by atoms with Gasteiger partial charge in [0, 0.05) is 19.2 Å². The minimum Gasteiger partial charge on any atom is -0.384 e. The summed E-state index contributed by atoms with van der Waals surface area (Å²) in [5, 5.41) is 7.09. The predicted molar refractivity (Wildman–Crippen MR) is 67.7 cm³/mol. The lowest BCUT2D eigenvalue weighted by Crippen LogP contribution is -2.14. The number of primary amides is 1. The highest BCUT2D eigenvalue weighted by Crippen LogP contribution is 2.12. The highest BCUT2D eigenvalue weighted by Gasteiger charge is 2.06. The fourth-order valence-electron chi connectivity index (χ4n) is 1.48. The summed E-state index contributed by atoms with van der Waals surface area (Å²) in [5.41, 5.74) is 12.1. The SMILES string of the molecule is Cn1ncc(CNc2cccc(C(N)=O)n2)c1N. The number of amides is 1. The van der Waals surface area contributed by atoms with Gasteiger partial charge in [-0.05, 0) is 12.1 Å². The second-order valence-corrected chi connectivity index (χ2v) is 3.80. The van der Waals surface area contributed by atoms with Crippen LogP contribution >= 0.6 is 0 Å². The first-order valence-electron chi connectivity index (χ1n) is 5.35. The number of hydrogen-bond acceptors (Lipinski definition) is 5. The molecule has 0 fully saturated rings. The van der Waals surface area contributed by atoms with E-state index in [1.165, 1.54) is 0 Å². The smallest absolute Gasteiger partial charge is 0.267 e. The molecule has 0 spiro atoms. The highest BCUT2D eigenvalue weighted by molar-refractivity contribution is 5.91. The lowest BCUT2D eigenvalue weighted by molar-refractivity contribution is 0.0995. The number of aryl methyl sites for hydroxylation is 1. The number of carbonyl (C=O) groups excluding carboxylic acids is 1. The molecule has 94 valence electrons. The minimum absolute atomic E-state index is 0.221. The van der Waals surface area contributed by atoms with Crippen molar-refractivity contribution in [3.63, 3.8) is 0 Å². The number of aromatic nitrogens is 3. The van der Waals surface area contributed by atoms with Crippen LogP contribution in [0.5, 0.6) is 0 Å². The molecule has 0 unspecified atom stereocenters. The van der Waals surface area contributed by atoms with Crippen molar-refractivity contribution in [3.8, 4) is 0 Å². The maximum Gasteiger partial charge on any atom is 0.267 e. The third-order valence-corrected chi connectivity index (χ3v) is 2.53. The number of nitrogens with two attached hydrogens (primary N) is 2. The van der Waals surface area contributed by atoms with Crippen molar-refractivity contribution in [2.24, 2.45) is 12.8 Å². The van der Waals surface area contributed by atoms with Crippen LogP contribution < -0.4 is 16.8 Å². The topological polar surface area (TPSA) is 112 Å². The van der Waals surface area contributed by atoms with E-state index < -0.39 is 5.91 Å². The Labute approximate surface area is 104 Å². The van der Waals surface area contributed by atoms with Gasteiger partial charge < -0.3 is 16.8 Å². The van der Waals surface area contributed by atoms with Crippen LogP contribution in [-0.4, -0.2) is 20.7 Å². The van der Waals surface area contributed by atoms with E-state index in [1.54, 1.807) is 36.1 Å². The molecule has 0 saturated heterocycles. The van der Waals surface area contributed by atoms with Crippen molar-refractivity contribution in [1.29, 1.82) is 0 Å². The van der Waals surface area contributed by atoms with E-state index in [9.17, 15) is 4.79 Å². The van der Waals surface area contributed by atoms with E-state index in [0.717, 1.165) is 5.56 Å². The highest BCUT2D eigenvalue weighted by atomic mass is 16.1. The van der Waals surface area contributed by atoms with E-state index in [0.29, 0.717) is 18.2 Å². The first-order valence-corrected chi connectivity index (χ1v) is 5.35. The Balaban J connectivity index is 2.08. The Morgan fingerprint density at radius 3 is 2.89 bits per heavy atom. The fraction of sp³-hybridized carbons (Fsp3) is 0.182. The Morgan fingerprint density at radius 1 is 1.50 bits per heavy atom. The van der Waals surface area contributed by atoms with Crippen LogP contribution in [-0.2, 0) is 13.6 Å². The number of nitrogens with one attached hydrogen (secondary N) is 1. The monoisotopic (exact) mass is 246 g/mol. The zero-order valence-electron chi connectivity index (χ0n) is 9.92.